The Kier molecular flexibility index (Phi) is 9.29. The van der Waals surface area contributed by atoms with Crippen LogP contribution in [-0.4, -0.2) is 4.57 Å². The molecule has 0 unspecified atom stereocenters. The lowest BCUT2D eigenvalue weighted by Gasteiger charge is -2.29. The van der Waals surface area contributed by atoms with Gasteiger partial charge in [0, 0.05) is 49.8 Å². The Morgan fingerprint density at radius 3 is 1.71 bits per heavy atom. The highest BCUT2D eigenvalue weighted by molar-refractivity contribution is 6.23. The van der Waals surface area contributed by atoms with E-state index >= 15 is 0 Å². The SMILES string of the molecule is CC1(C)c2ccccc2-c2ccc(N(c3cccc(-c4cccc(-c5cc6c7c8c5c5ccccc5n8-c5ccccc5-c5cccc(c5-7)C65CCCC5)c4)c3)c3cc(-c4ccccc4)cc(-c4ccccc4)c3)cc21. The molecule has 1 saturated carbocycles. The van der Waals surface area contributed by atoms with Crippen LogP contribution in [0.1, 0.15) is 61.8 Å². The molecule has 12 aromatic rings. The van der Waals surface area contributed by atoms with Crippen molar-refractivity contribution in [1.82, 2.24) is 4.57 Å². The van der Waals surface area contributed by atoms with Gasteiger partial charge in [-0.2, -0.15) is 0 Å². The molecule has 3 aliphatic carbocycles. The van der Waals surface area contributed by atoms with Crippen LogP contribution in [-0.2, 0) is 10.8 Å². The number of aromatic nitrogens is 1. The summed E-state index contributed by atoms with van der Waals surface area (Å²) in [6.07, 6.45) is 4.87. The fraction of sp³-hybridized carbons (Fsp3) is 0.108. The van der Waals surface area contributed by atoms with E-state index in [0.29, 0.717) is 0 Å². The van der Waals surface area contributed by atoms with Gasteiger partial charge in [0.15, 0.2) is 0 Å². The number of hydrogen-bond donors (Lipinski definition) is 0. The van der Waals surface area contributed by atoms with E-state index in [9.17, 15) is 0 Å². The second kappa shape index (κ2) is 16.3. The summed E-state index contributed by atoms with van der Waals surface area (Å²) >= 11 is 0. The lowest BCUT2D eigenvalue weighted by atomic mass is 9.75. The van der Waals surface area contributed by atoms with E-state index in [4.69, 9.17) is 0 Å². The molecule has 1 aliphatic heterocycles. The molecule has 1 fully saturated rings. The fourth-order valence-corrected chi connectivity index (χ4v) is 14.6. The van der Waals surface area contributed by atoms with Gasteiger partial charge in [-0.1, -0.05) is 203 Å². The number of benzene rings is 11. The molecule has 0 amide bonds. The van der Waals surface area contributed by atoms with Crippen LogP contribution in [0.2, 0.25) is 0 Å². The minimum atomic E-state index is -0.157. The average Bonchev–Trinajstić information content (AvgIpc) is 4.32. The second-order valence-corrected chi connectivity index (χ2v) is 22.3. The molecule has 2 nitrogen and oxygen atoms in total. The molecule has 11 aromatic carbocycles. The highest BCUT2D eigenvalue weighted by atomic mass is 15.1. The van der Waals surface area contributed by atoms with Crippen molar-refractivity contribution in [2.24, 2.45) is 0 Å². The first-order chi connectivity index (χ1) is 37.4. The molecule has 0 atom stereocenters. The summed E-state index contributed by atoms with van der Waals surface area (Å²) in [6.45, 7) is 4.76. The van der Waals surface area contributed by atoms with Gasteiger partial charge in [0.2, 0.25) is 0 Å². The molecule has 4 aliphatic rings. The first kappa shape index (κ1) is 43.4. The van der Waals surface area contributed by atoms with E-state index in [2.05, 4.69) is 266 Å². The Balaban J connectivity index is 0.904. The van der Waals surface area contributed by atoms with E-state index in [0.717, 1.165) is 17.1 Å². The van der Waals surface area contributed by atoms with Gasteiger partial charge in [-0.25, -0.2) is 0 Å². The Bertz CT molecular complexity index is 4320. The number of para-hydroxylation sites is 2. The third kappa shape index (κ3) is 6.16. The van der Waals surface area contributed by atoms with Crippen molar-refractivity contribution in [3.05, 3.63) is 265 Å². The molecule has 0 radical (unpaired) electrons. The average molecular weight is 971 g/mol. The minimum absolute atomic E-state index is 0.000333. The summed E-state index contributed by atoms with van der Waals surface area (Å²) in [5.41, 5.74) is 30.8. The van der Waals surface area contributed by atoms with Crippen molar-refractivity contribution in [1.29, 1.82) is 0 Å². The maximum absolute atomic E-state index is 2.65. The quantitative estimate of drug-likeness (QED) is 0.155. The molecule has 2 heteroatoms. The third-order valence-corrected chi connectivity index (χ3v) is 18.0. The van der Waals surface area contributed by atoms with Crippen LogP contribution in [0.5, 0.6) is 0 Å². The van der Waals surface area contributed by atoms with Crippen molar-refractivity contribution in [2.45, 2.75) is 50.4 Å². The molecule has 1 aromatic heterocycles. The zero-order chi connectivity index (χ0) is 50.3. The Morgan fingerprint density at radius 1 is 0.355 bits per heavy atom. The van der Waals surface area contributed by atoms with Crippen LogP contribution in [0.3, 0.4) is 0 Å². The van der Waals surface area contributed by atoms with Gasteiger partial charge in [-0.3, -0.25) is 0 Å². The number of rotatable bonds is 7. The van der Waals surface area contributed by atoms with Crippen LogP contribution in [0, 0.1) is 0 Å². The molecule has 0 bridgehead atoms. The normalized spacial score (nSPS) is 14.7. The summed E-state index contributed by atoms with van der Waals surface area (Å²) in [4.78, 5) is 2.50. The molecule has 76 heavy (non-hydrogen) atoms. The summed E-state index contributed by atoms with van der Waals surface area (Å²) in [5.74, 6) is 0. The van der Waals surface area contributed by atoms with Crippen molar-refractivity contribution in [3.8, 4) is 83.6 Å². The van der Waals surface area contributed by atoms with Crippen molar-refractivity contribution in [3.63, 3.8) is 0 Å². The molecular weight excluding hydrogens is 917 g/mol. The molecule has 0 saturated heterocycles. The Hall–Kier alpha value is -8.98. The third-order valence-electron chi connectivity index (χ3n) is 18.0. The van der Waals surface area contributed by atoms with Gasteiger partial charge in [0.1, 0.15) is 0 Å². The van der Waals surface area contributed by atoms with Crippen LogP contribution in [0.15, 0.2) is 243 Å². The van der Waals surface area contributed by atoms with E-state index in [1.807, 2.05) is 0 Å². The molecule has 0 N–H and O–H groups in total. The number of anilines is 3. The summed E-state index contributed by atoms with van der Waals surface area (Å²) in [6, 6.07) is 91.7. The molecule has 1 spiro atoms. The van der Waals surface area contributed by atoms with Gasteiger partial charge >= 0.3 is 0 Å². The minimum Gasteiger partial charge on any atom is -0.310 e. The van der Waals surface area contributed by atoms with Crippen LogP contribution in [0.25, 0.3) is 105 Å². The molecule has 2 heterocycles. The number of fused-ring (bicyclic) bond motifs is 11. The zero-order valence-electron chi connectivity index (χ0n) is 42.8. The van der Waals surface area contributed by atoms with Gasteiger partial charge in [-0.05, 0) is 169 Å². The van der Waals surface area contributed by atoms with Crippen molar-refractivity contribution in [2.75, 3.05) is 4.90 Å². The van der Waals surface area contributed by atoms with Crippen LogP contribution in [0.4, 0.5) is 17.1 Å². The maximum Gasteiger partial charge on any atom is 0.0629 e. The summed E-state index contributed by atoms with van der Waals surface area (Å²) < 4.78 is 2.62. The fourth-order valence-electron chi connectivity index (χ4n) is 14.6. The lowest BCUT2D eigenvalue weighted by molar-refractivity contribution is 0.550. The van der Waals surface area contributed by atoms with Crippen molar-refractivity contribution < 1.29 is 0 Å². The first-order valence-corrected chi connectivity index (χ1v) is 27.3. The van der Waals surface area contributed by atoms with E-state index < -0.39 is 0 Å². The predicted molar refractivity (Wildman–Crippen MR) is 318 cm³/mol. The Morgan fingerprint density at radius 2 is 0.921 bits per heavy atom. The first-order valence-electron chi connectivity index (χ1n) is 27.3. The number of nitrogens with zero attached hydrogens (tertiary/aromatic N) is 2. The highest BCUT2D eigenvalue weighted by Gasteiger charge is 2.48. The summed E-state index contributed by atoms with van der Waals surface area (Å²) in [7, 11) is 0. The van der Waals surface area contributed by atoms with E-state index in [1.54, 1.807) is 0 Å². The number of hydrogen-bond acceptors (Lipinski definition) is 1. The monoisotopic (exact) mass is 970 g/mol. The lowest BCUT2D eigenvalue weighted by Crippen LogP contribution is -2.20. The standard InChI is InChI=1S/C74H54N2/c1-73(2)63-32-12-9-28-57(63)58-37-36-55(45-65(58)73)75(56-43-52(47-20-5-3-6-21-47)41-53(44-56)48-22-7-4-8-23-48)54-27-18-25-50(42-54)49-24-17-26-51(40-49)62-46-66-71-70-60(31-19-33-64(70)74(66)38-15-16-39-74)59-29-10-13-34-67(59)76-68-35-14-11-30-61(68)69(62)72(71)76/h3-14,17-37,40-46H,15-16,38-39H2,1-2H3. The largest absolute Gasteiger partial charge is 0.310 e. The maximum atomic E-state index is 2.65. The highest BCUT2D eigenvalue weighted by Crippen LogP contribution is 2.64. The zero-order valence-corrected chi connectivity index (χ0v) is 42.8. The molecule has 16 rings (SSSR count). The molecular formula is C74H54N2. The smallest absolute Gasteiger partial charge is 0.0629 e. The van der Waals surface area contributed by atoms with E-state index in [-0.39, 0.29) is 10.8 Å². The molecule has 360 valence electrons. The topological polar surface area (TPSA) is 8.17 Å². The van der Waals surface area contributed by atoms with Crippen LogP contribution < -0.4 is 4.90 Å². The van der Waals surface area contributed by atoms with Gasteiger partial charge in [-0.15, -0.1) is 0 Å². The van der Waals surface area contributed by atoms with Gasteiger partial charge in [0.05, 0.1) is 16.7 Å². The van der Waals surface area contributed by atoms with Gasteiger partial charge in [0.25, 0.3) is 0 Å². The summed E-state index contributed by atoms with van der Waals surface area (Å²) in [5, 5.41) is 2.64. The Labute approximate surface area is 444 Å². The van der Waals surface area contributed by atoms with Crippen molar-refractivity contribution >= 4 is 38.9 Å². The predicted octanol–water partition coefficient (Wildman–Crippen LogP) is 20.0. The van der Waals surface area contributed by atoms with E-state index in [1.165, 1.54) is 153 Å². The second-order valence-electron chi connectivity index (χ2n) is 22.3. The van der Waals surface area contributed by atoms with Gasteiger partial charge < -0.3 is 9.47 Å². The van der Waals surface area contributed by atoms with Crippen LogP contribution >= 0.6 is 0 Å².